The first-order valence-corrected chi connectivity index (χ1v) is 10.9. The maximum absolute atomic E-state index is 12.6. The van der Waals surface area contributed by atoms with E-state index >= 15 is 0 Å². The van der Waals surface area contributed by atoms with Crippen LogP contribution in [0.1, 0.15) is 22.4 Å². The summed E-state index contributed by atoms with van der Waals surface area (Å²) in [7, 11) is 2.95. The summed E-state index contributed by atoms with van der Waals surface area (Å²) < 4.78 is 17.3. The minimum Gasteiger partial charge on any atom is -0.493 e. The van der Waals surface area contributed by atoms with Crippen LogP contribution in [0.25, 0.3) is 11.8 Å². The van der Waals surface area contributed by atoms with Crippen LogP contribution in [-0.4, -0.2) is 37.3 Å². The van der Waals surface area contributed by atoms with Crippen molar-refractivity contribution in [3.05, 3.63) is 75.9 Å². The van der Waals surface area contributed by atoms with Gasteiger partial charge in [0.2, 0.25) is 0 Å². The molecule has 1 N–H and O–H groups in total. The lowest BCUT2D eigenvalue weighted by Gasteiger charge is -2.13. The van der Waals surface area contributed by atoms with E-state index in [1.165, 1.54) is 26.4 Å². The van der Waals surface area contributed by atoms with E-state index < -0.39 is 18.5 Å². The average Bonchev–Trinajstić information content (AvgIpc) is 3.09. The number of benzene rings is 2. The third-order valence-electron chi connectivity index (χ3n) is 5.31. The van der Waals surface area contributed by atoms with Gasteiger partial charge in [0.25, 0.3) is 5.91 Å². The van der Waals surface area contributed by atoms with Gasteiger partial charge < -0.3 is 19.5 Å². The lowest BCUT2D eigenvalue weighted by atomic mass is 10.2. The van der Waals surface area contributed by atoms with Crippen LogP contribution in [0, 0.1) is 25.2 Å². The smallest absolute Gasteiger partial charge is 0.331 e. The van der Waals surface area contributed by atoms with Crippen LogP contribution >= 0.6 is 11.6 Å². The van der Waals surface area contributed by atoms with Gasteiger partial charge in [0.05, 0.1) is 24.8 Å². The third kappa shape index (κ3) is 5.65. The highest BCUT2D eigenvalue weighted by atomic mass is 35.5. The number of amides is 1. The van der Waals surface area contributed by atoms with Gasteiger partial charge in [-0.15, -0.1) is 0 Å². The molecular weight excluding hydrogens is 470 g/mol. The Morgan fingerprint density at radius 1 is 1.14 bits per heavy atom. The molecule has 0 spiro atoms. The average molecular weight is 494 g/mol. The van der Waals surface area contributed by atoms with Gasteiger partial charge in [-0.25, -0.2) is 4.79 Å². The van der Waals surface area contributed by atoms with E-state index in [0.29, 0.717) is 33.5 Å². The molecule has 9 heteroatoms. The zero-order chi connectivity index (χ0) is 25.5. The number of nitrogens with one attached hydrogen (secondary N) is 1. The fourth-order valence-electron chi connectivity index (χ4n) is 3.51. The Hall–Kier alpha value is -4.22. The van der Waals surface area contributed by atoms with Gasteiger partial charge in [-0.2, -0.15) is 5.26 Å². The number of methoxy groups -OCH3 is 2. The van der Waals surface area contributed by atoms with E-state index in [9.17, 15) is 14.9 Å². The SMILES string of the molecule is COc1cc(/C=C/C(=O)OCC(=O)Nc2c(C#N)c(C)c(C)n2-c2ccccc2)cc(Cl)c1OC. The van der Waals surface area contributed by atoms with Crippen molar-refractivity contribution in [1.82, 2.24) is 4.57 Å². The first-order valence-electron chi connectivity index (χ1n) is 10.5. The Morgan fingerprint density at radius 2 is 1.86 bits per heavy atom. The molecule has 0 aliphatic heterocycles. The molecule has 0 saturated heterocycles. The fraction of sp³-hybridized carbons (Fsp3) is 0.192. The summed E-state index contributed by atoms with van der Waals surface area (Å²) in [6, 6.07) is 14.7. The Labute approximate surface area is 208 Å². The molecule has 0 atom stereocenters. The van der Waals surface area contributed by atoms with Crippen LogP contribution in [0.2, 0.25) is 5.02 Å². The summed E-state index contributed by atoms with van der Waals surface area (Å²) >= 11 is 6.17. The van der Waals surface area contributed by atoms with Crippen molar-refractivity contribution >= 4 is 35.4 Å². The van der Waals surface area contributed by atoms with Crippen molar-refractivity contribution in [2.75, 3.05) is 26.1 Å². The number of anilines is 1. The molecule has 0 saturated carbocycles. The number of nitriles is 1. The van der Waals surface area contributed by atoms with Crippen molar-refractivity contribution in [3.8, 4) is 23.3 Å². The molecule has 1 aromatic heterocycles. The Kier molecular flexibility index (Phi) is 8.18. The molecular formula is C26H24ClN3O5. The number of ether oxygens (including phenoxy) is 3. The summed E-state index contributed by atoms with van der Waals surface area (Å²) in [4.78, 5) is 24.7. The van der Waals surface area contributed by atoms with Crippen molar-refractivity contribution < 1.29 is 23.8 Å². The van der Waals surface area contributed by atoms with E-state index in [1.54, 1.807) is 16.7 Å². The molecule has 3 aromatic rings. The molecule has 0 fully saturated rings. The number of para-hydroxylation sites is 1. The molecule has 8 nitrogen and oxygen atoms in total. The minimum atomic E-state index is -0.725. The quantitative estimate of drug-likeness (QED) is 0.356. The number of carbonyl (C=O) groups excluding carboxylic acids is 2. The predicted molar refractivity (Wildman–Crippen MR) is 133 cm³/mol. The first-order chi connectivity index (χ1) is 16.8. The molecule has 1 heterocycles. The number of esters is 1. The number of nitrogens with zero attached hydrogens (tertiary/aromatic N) is 2. The summed E-state index contributed by atoms with van der Waals surface area (Å²) in [5.41, 5.74) is 3.28. The maximum atomic E-state index is 12.6. The van der Waals surface area contributed by atoms with Crippen molar-refractivity contribution in [3.63, 3.8) is 0 Å². The highest BCUT2D eigenvalue weighted by Gasteiger charge is 2.21. The van der Waals surface area contributed by atoms with Crippen LogP contribution in [0.5, 0.6) is 11.5 Å². The van der Waals surface area contributed by atoms with Gasteiger partial charge in [-0.1, -0.05) is 29.8 Å². The molecule has 1 amide bonds. The number of rotatable bonds is 8. The van der Waals surface area contributed by atoms with Crippen molar-refractivity contribution in [2.45, 2.75) is 13.8 Å². The van der Waals surface area contributed by atoms with E-state index in [0.717, 1.165) is 16.9 Å². The van der Waals surface area contributed by atoms with E-state index in [1.807, 2.05) is 44.2 Å². The van der Waals surface area contributed by atoms with Crippen LogP contribution in [0.4, 0.5) is 5.82 Å². The second-order valence-corrected chi connectivity index (χ2v) is 7.85. The van der Waals surface area contributed by atoms with E-state index in [-0.39, 0.29) is 0 Å². The lowest BCUT2D eigenvalue weighted by Crippen LogP contribution is -2.22. The number of hydrogen-bond donors (Lipinski definition) is 1. The molecule has 2 aromatic carbocycles. The van der Waals surface area contributed by atoms with Crippen LogP contribution in [0.15, 0.2) is 48.5 Å². The summed E-state index contributed by atoms with van der Waals surface area (Å²) in [5.74, 6) is -0.185. The topological polar surface area (TPSA) is 103 Å². The molecule has 180 valence electrons. The van der Waals surface area contributed by atoms with Gasteiger partial charge in [0, 0.05) is 17.5 Å². The molecule has 35 heavy (non-hydrogen) atoms. The monoisotopic (exact) mass is 493 g/mol. The number of hydrogen-bond acceptors (Lipinski definition) is 6. The normalized spacial score (nSPS) is 10.6. The second-order valence-electron chi connectivity index (χ2n) is 7.44. The summed E-state index contributed by atoms with van der Waals surface area (Å²) in [6.07, 6.45) is 2.65. The third-order valence-corrected chi connectivity index (χ3v) is 5.59. The zero-order valence-corrected chi connectivity index (χ0v) is 20.5. The summed E-state index contributed by atoms with van der Waals surface area (Å²) in [5, 5.41) is 12.7. The van der Waals surface area contributed by atoms with Gasteiger partial charge in [0.15, 0.2) is 18.1 Å². The Morgan fingerprint density at radius 3 is 2.49 bits per heavy atom. The lowest BCUT2D eigenvalue weighted by molar-refractivity contribution is -0.142. The van der Waals surface area contributed by atoms with Gasteiger partial charge >= 0.3 is 5.97 Å². The summed E-state index contributed by atoms with van der Waals surface area (Å²) in [6.45, 7) is 3.15. The van der Waals surface area contributed by atoms with Crippen LogP contribution < -0.4 is 14.8 Å². The maximum Gasteiger partial charge on any atom is 0.331 e. The minimum absolute atomic E-state index is 0.319. The number of halogens is 1. The van der Waals surface area contributed by atoms with Gasteiger partial charge in [-0.3, -0.25) is 9.36 Å². The van der Waals surface area contributed by atoms with Crippen molar-refractivity contribution in [1.29, 1.82) is 5.26 Å². The van der Waals surface area contributed by atoms with Gasteiger partial charge in [-0.05, 0) is 55.3 Å². The number of aromatic nitrogens is 1. The molecule has 0 unspecified atom stereocenters. The van der Waals surface area contributed by atoms with Crippen LogP contribution in [0.3, 0.4) is 0 Å². The standard InChI is InChI=1S/C26H24ClN3O5/c1-16-17(2)30(19-8-6-5-7-9-19)26(20(16)14-28)29-23(31)15-35-24(32)11-10-18-12-21(27)25(34-4)22(13-18)33-3/h5-13H,15H2,1-4H3,(H,29,31)/b11-10+. The van der Waals surface area contributed by atoms with E-state index in [4.69, 9.17) is 25.8 Å². The Bertz CT molecular complexity index is 1320. The molecule has 0 aliphatic rings. The molecule has 0 aliphatic carbocycles. The molecule has 0 bridgehead atoms. The van der Waals surface area contributed by atoms with Gasteiger partial charge in [0.1, 0.15) is 11.9 Å². The molecule has 3 rings (SSSR count). The Balaban J connectivity index is 1.71. The van der Waals surface area contributed by atoms with E-state index in [2.05, 4.69) is 11.4 Å². The highest BCUT2D eigenvalue weighted by molar-refractivity contribution is 6.32. The largest absolute Gasteiger partial charge is 0.493 e. The first kappa shape index (κ1) is 25.4. The molecule has 0 radical (unpaired) electrons. The fourth-order valence-corrected chi connectivity index (χ4v) is 3.81. The number of carbonyl (C=O) groups is 2. The predicted octanol–water partition coefficient (Wildman–Crippen LogP) is 4.83. The second kappa shape index (κ2) is 11.3. The highest BCUT2D eigenvalue weighted by Crippen LogP contribution is 2.36. The zero-order valence-electron chi connectivity index (χ0n) is 19.7. The van der Waals surface area contributed by atoms with Crippen LogP contribution in [-0.2, 0) is 14.3 Å². The van der Waals surface area contributed by atoms with Crippen molar-refractivity contribution in [2.24, 2.45) is 0 Å².